The predicted molar refractivity (Wildman–Crippen MR) is 102 cm³/mol. The second kappa shape index (κ2) is 9.75. The van der Waals surface area contributed by atoms with Crippen LogP contribution in [0.5, 0.6) is 0 Å². The Morgan fingerprint density at radius 2 is 2.07 bits per heavy atom. The van der Waals surface area contributed by atoms with Crippen LogP contribution in [0.2, 0.25) is 0 Å². The summed E-state index contributed by atoms with van der Waals surface area (Å²) in [5, 5.41) is 14.2. The van der Waals surface area contributed by atoms with Gasteiger partial charge in [0.25, 0.3) is 0 Å². The molecule has 0 aromatic heterocycles. The molecule has 1 heterocycles. The fraction of sp³-hybridized carbons (Fsp3) is 0.450. The summed E-state index contributed by atoms with van der Waals surface area (Å²) in [6.07, 6.45) is 8.90. The minimum absolute atomic E-state index is 0.00932. The van der Waals surface area contributed by atoms with Crippen LogP contribution >= 0.6 is 0 Å². The van der Waals surface area contributed by atoms with E-state index in [0.717, 1.165) is 5.71 Å². The van der Waals surface area contributed by atoms with Gasteiger partial charge in [0.05, 0.1) is 34.2 Å². The smallest absolute Gasteiger partial charge is 0.202 e. The zero-order valence-corrected chi connectivity index (χ0v) is 16.2. The fourth-order valence-corrected chi connectivity index (χ4v) is 2.99. The Labute approximate surface area is 159 Å². The largest absolute Gasteiger partial charge is 0.504 e. The zero-order chi connectivity index (χ0) is 19.8. The first-order valence-electron chi connectivity index (χ1n) is 8.64. The van der Waals surface area contributed by atoms with Crippen molar-refractivity contribution in [3.63, 3.8) is 0 Å². The van der Waals surface area contributed by atoms with Crippen molar-refractivity contribution in [2.24, 2.45) is 11.1 Å². The van der Waals surface area contributed by atoms with Gasteiger partial charge in [0.1, 0.15) is 6.10 Å². The molecule has 2 aliphatic rings. The van der Waals surface area contributed by atoms with E-state index in [1.807, 2.05) is 12.2 Å². The molecule has 0 spiro atoms. The van der Waals surface area contributed by atoms with E-state index < -0.39 is 0 Å². The van der Waals surface area contributed by atoms with Crippen molar-refractivity contribution < 1.29 is 28.9 Å². The van der Waals surface area contributed by atoms with E-state index in [4.69, 9.17) is 23.8 Å². The van der Waals surface area contributed by atoms with Crippen LogP contribution in [-0.4, -0.2) is 45.4 Å². The Hall–Kier alpha value is -2.83. The maximum Gasteiger partial charge on any atom is 0.202 e. The van der Waals surface area contributed by atoms with E-state index in [-0.39, 0.29) is 17.8 Å². The predicted octanol–water partition coefficient (Wildman–Crippen LogP) is 3.73. The van der Waals surface area contributed by atoms with Gasteiger partial charge in [-0.25, -0.2) is 0 Å². The highest BCUT2D eigenvalue weighted by molar-refractivity contribution is 5.89. The molecule has 27 heavy (non-hydrogen) atoms. The van der Waals surface area contributed by atoms with Crippen LogP contribution in [0.1, 0.15) is 19.3 Å². The molecule has 7 heteroatoms. The maximum absolute atomic E-state index is 9.97. The van der Waals surface area contributed by atoms with Crippen molar-refractivity contribution in [3.8, 4) is 0 Å². The van der Waals surface area contributed by atoms with Crippen molar-refractivity contribution in [1.29, 1.82) is 0 Å². The van der Waals surface area contributed by atoms with Crippen LogP contribution in [-0.2, 0) is 23.8 Å². The molecule has 1 aliphatic heterocycles. The zero-order valence-electron chi connectivity index (χ0n) is 16.2. The number of aliphatic hydroxyl groups excluding tert-OH is 1. The Bertz CT molecular complexity index is 701. The van der Waals surface area contributed by atoms with E-state index in [1.165, 1.54) is 7.11 Å². The molecule has 2 atom stereocenters. The van der Waals surface area contributed by atoms with E-state index >= 15 is 0 Å². The van der Waals surface area contributed by atoms with Crippen LogP contribution in [0.25, 0.3) is 0 Å². The van der Waals surface area contributed by atoms with Gasteiger partial charge in [0, 0.05) is 18.8 Å². The standard InChI is InChI=1S/C20H27NO6/c1-6-17(23-2)20(26-5)19(25-4)10-8-14-12-15(21-27-14)13-7-9-18(24-3)16(22)11-13/h6,9-11,13-14,22H,1,7-8,12H2,2-5H3/b19-10+,20-17-. The first kappa shape index (κ1) is 20.5. The Morgan fingerprint density at radius 3 is 2.63 bits per heavy atom. The van der Waals surface area contributed by atoms with Gasteiger partial charge in [-0.15, -0.1) is 0 Å². The third kappa shape index (κ3) is 4.87. The maximum atomic E-state index is 9.97. The number of rotatable bonds is 9. The van der Waals surface area contributed by atoms with Crippen LogP contribution in [0, 0.1) is 5.92 Å². The van der Waals surface area contributed by atoms with Crippen LogP contribution in [0.4, 0.5) is 0 Å². The average molecular weight is 377 g/mol. The van der Waals surface area contributed by atoms with E-state index in [1.54, 1.807) is 33.5 Å². The molecule has 148 valence electrons. The fourth-order valence-electron chi connectivity index (χ4n) is 2.99. The molecule has 1 aliphatic carbocycles. The molecule has 2 rings (SSSR count). The molecule has 1 N–H and O–H groups in total. The molecule has 2 unspecified atom stereocenters. The van der Waals surface area contributed by atoms with Crippen molar-refractivity contribution in [2.75, 3.05) is 28.4 Å². The SMILES string of the molecule is C=C/C(OC)=C(OC)\C(=C/CC1CC(C2C=C(O)C(OC)=CC2)=NO1)OC. The van der Waals surface area contributed by atoms with Crippen molar-refractivity contribution in [3.05, 3.63) is 59.7 Å². The molecule has 0 bridgehead atoms. The first-order valence-corrected chi connectivity index (χ1v) is 8.64. The number of methoxy groups -OCH3 is 4. The number of ether oxygens (including phenoxy) is 4. The highest BCUT2D eigenvalue weighted by Gasteiger charge is 2.28. The van der Waals surface area contributed by atoms with E-state index in [0.29, 0.717) is 42.3 Å². The summed E-state index contributed by atoms with van der Waals surface area (Å²) < 4.78 is 21.1. The molecule has 0 fully saturated rings. The summed E-state index contributed by atoms with van der Waals surface area (Å²) in [4.78, 5) is 5.55. The molecule has 0 radical (unpaired) electrons. The van der Waals surface area contributed by atoms with Crippen LogP contribution < -0.4 is 0 Å². The highest BCUT2D eigenvalue weighted by atomic mass is 16.6. The lowest BCUT2D eigenvalue weighted by Gasteiger charge is -2.17. The first-order chi connectivity index (χ1) is 13.1. The Kier molecular flexibility index (Phi) is 7.40. The monoisotopic (exact) mass is 377 g/mol. The molecule has 7 nitrogen and oxygen atoms in total. The van der Waals surface area contributed by atoms with Crippen molar-refractivity contribution >= 4 is 5.71 Å². The quantitative estimate of drug-likeness (QED) is 0.487. The lowest BCUT2D eigenvalue weighted by molar-refractivity contribution is 0.0866. The number of oxime groups is 1. The van der Waals surface area contributed by atoms with Gasteiger partial charge < -0.3 is 28.9 Å². The second-order valence-corrected chi connectivity index (χ2v) is 5.99. The molecule has 0 aromatic carbocycles. The van der Waals surface area contributed by atoms with Gasteiger partial charge in [0.2, 0.25) is 5.76 Å². The molecule has 0 saturated carbocycles. The number of nitrogens with zero attached hydrogens (tertiary/aromatic N) is 1. The average Bonchev–Trinajstić information content (AvgIpc) is 3.16. The summed E-state index contributed by atoms with van der Waals surface area (Å²) in [6, 6.07) is 0. The van der Waals surface area contributed by atoms with Gasteiger partial charge in [-0.3, -0.25) is 0 Å². The lowest BCUT2D eigenvalue weighted by Crippen LogP contribution is -2.17. The van der Waals surface area contributed by atoms with Crippen molar-refractivity contribution in [1.82, 2.24) is 0 Å². The summed E-state index contributed by atoms with van der Waals surface area (Å²) in [7, 11) is 6.18. The topological polar surface area (TPSA) is 78.7 Å². The van der Waals surface area contributed by atoms with Gasteiger partial charge in [-0.05, 0) is 30.7 Å². The molecule has 0 amide bonds. The normalized spacial score (nSPS) is 23.3. The van der Waals surface area contributed by atoms with E-state index in [9.17, 15) is 5.11 Å². The highest BCUT2D eigenvalue weighted by Crippen LogP contribution is 2.29. The number of allylic oxidation sites excluding steroid dienone is 3. The molecular weight excluding hydrogens is 350 g/mol. The van der Waals surface area contributed by atoms with Gasteiger partial charge in [0.15, 0.2) is 23.0 Å². The second-order valence-electron chi connectivity index (χ2n) is 5.99. The number of hydrogen-bond acceptors (Lipinski definition) is 7. The summed E-state index contributed by atoms with van der Waals surface area (Å²) in [5.74, 6) is 2.12. The van der Waals surface area contributed by atoms with Crippen molar-refractivity contribution in [2.45, 2.75) is 25.4 Å². The summed E-state index contributed by atoms with van der Waals surface area (Å²) in [6.45, 7) is 3.71. The lowest BCUT2D eigenvalue weighted by atomic mass is 9.91. The number of aliphatic hydroxyl groups is 1. The van der Waals surface area contributed by atoms with Crippen LogP contribution in [0.3, 0.4) is 0 Å². The van der Waals surface area contributed by atoms with Gasteiger partial charge >= 0.3 is 0 Å². The molecule has 0 aromatic rings. The minimum Gasteiger partial charge on any atom is -0.504 e. The Morgan fingerprint density at radius 1 is 1.30 bits per heavy atom. The summed E-state index contributed by atoms with van der Waals surface area (Å²) in [5.41, 5.74) is 0.900. The molecule has 0 saturated heterocycles. The molecular formula is C20H27NO6. The van der Waals surface area contributed by atoms with E-state index in [2.05, 4.69) is 11.7 Å². The third-order valence-corrected chi connectivity index (χ3v) is 4.42. The summed E-state index contributed by atoms with van der Waals surface area (Å²) >= 11 is 0. The van der Waals surface area contributed by atoms with Gasteiger partial charge in [-0.1, -0.05) is 11.7 Å². The van der Waals surface area contributed by atoms with Gasteiger partial charge in [-0.2, -0.15) is 0 Å². The minimum atomic E-state index is -0.110. The third-order valence-electron chi connectivity index (χ3n) is 4.42. The van der Waals surface area contributed by atoms with Crippen LogP contribution in [0.15, 0.2) is 64.8 Å². The Balaban J connectivity index is 2.01. The number of hydrogen-bond donors (Lipinski definition) is 1.